The summed E-state index contributed by atoms with van der Waals surface area (Å²) in [6.45, 7) is 3.73. The van der Waals surface area contributed by atoms with Crippen molar-refractivity contribution in [3.8, 4) is 11.8 Å². The molecule has 0 fully saturated rings. The van der Waals surface area contributed by atoms with Crippen LogP contribution in [-0.4, -0.2) is 20.2 Å². The predicted octanol–water partition coefficient (Wildman–Crippen LogP) is 3.50. The Labute approximate surface area is 166 Å². The van der Waals surface area contributed by atoms with Gasteiger partial charge in [-0.05, 0) is 42.5 Å². The average Bonchev–Trinajstić information content (AvgIpc) is 3.08. The Morgan fingerprint density at radius 2 is 1.59 bits per heavy atom. The summed E-state index contributed by atoms with van der Waals surface area (Å²) in [5, 5.41) is 7.48. The Kier molecular flexibility index (Phi) is 3.06. The standard InChI is InChI=1S/C23H18N4O2/c1-12-18-22(27-26-12)29-21-19(20(28)24-13(2)25-21)23(18)16-9-5-3-7-14(16)11-15-8-4-6-10-17(15)23/h3-10H,11H2,1-2H3,(H,26,27)(H,24,25,28). The maximum Gasteiger partial charge on any atom is 0.259 e. The van der Waals surface area contributed by atoms with Gasteiger partial charge in [-0.2, -0.15) is 4.98 Å². The molecule has 6 heteroatoms. The number of fused-ring (bicyclic) bond motifs is 8. The number of aryl methyl sites for hydroxylation is 2. The van der Waals surface area contributed by atoms with E-state index in [0.717, 1.165) is 28.8 Å². The lowest BCUT2D eigenvalue weighted by Crippen LogP contribution is -2.43. The summed E-state index contributed by atoms with van der Waals surface area (Å²) >= 11 is 0. The van der Waals surface area contributed by atoms with E-state index in [0.29, 0.717) is 23.1 Å². The first-order chi connectivity index (χ1) is 14.1. The van der Waals surface area contributed by atoms with Gasteiger partial charge in [0.05, 0.1) is 16.5 Å². The summed E-state index contributed by atoms with van der Waals surface area (Å²) < 4.78 is 6.04. The lowest BCUT2D eigenvalue weighted by molar-refractivity contribution is 0.395. The average molecular weight is 382 g/mol. The van der Waals surface area contributed by atoms with Crippen molar-refractivity contribution in [1.29, 1.82) is 0 Å². The summed E-state index contributed by atoms with van der Waals surface area (Å²) in [6, 6.07) is 16.6. The van der Waals surface area contributed by atoms with Crippen LogP contribution < -0.4 is 10.3 Å². The molecule has 0 amide bonds. The lowest BCUT2D eigenvalue weighted by atomic mass is 9.59. The van der Waals surface area contributed by atoms with Crippen molar-refractivity contribution in [3.63, 3.8) is 0 Å². The van der Waals surface area contributed by atoms with Gasteiger partial charge in [-0.25, -0.2) is 0 Å². The van der Waals surface area contributed by atoms with E-state index >= 15 is 0 Å². The van der Waals surface area contributed by atoms with Crippen LogP contribution in [0.3, 0.4) is 0 Å². The highest BCUT2D eigenvalue weighted by atomic mass is 16.5. The highest BCUT2D eigenvalue weighted by molar-refractivity contribution is 5.72. The number of rotatable bonds is 0. The molecule has 1 spiro atoms. The number of nitrogens with one attached hydrogen (secondary N) is 2. The van der Waals surface area contributed by atoms with Crippen molar-refractivity contribution in [1.82, 2.24) is 20.2 Å². The summed E-state index contributed by atoms with van der Waals surface area (Å²) in [6.07, 6.45) is 0.813. The Hall–Kier alpha value is -3.67. The van der Waals surface area contributed by atoms with Gasteiger partial charge in [0.15, 0.2) is 0 Å². The SMILES string of the molecule is Cc1nc2c(c(=O)[nH]1)C1(c3ccccc3Cc3ccccc31)c1c(n[nH]c1C)O2. The monoisotopic (exact) mass is 382 g/mol. The second-order valence-electron chi connectivity index (χ2n) is 7.70. The van der Waals surface area contributed by atoms with Crippen LogP contribution in [0.15, 0.2) is 53.3 Å². The Morgan fingerprint density at radius 1 is 0.931 bits per heavy atom. The molecule has 0 saturated heterocycles. The summed E-state index contributed by atoms with van der Waals surface area (Å²) in [5.41, 5.74) is 5.76. The summed E-state index contributed by atoms with van der Waals surface area (Å²) in [4.78, 5) is 20.9. The minimum absolute atomic E-state index is 0.190. The molecule has 1 aliphatic heterocycles. The highest BCUT2D eigenvalue weighted by Crippen LogP contribution is 2.57. The van der Waals surface area contributed by atoms with Gasteiger partial charge in [-0.1, -0.05) is 48.5 Å². The van der Waals surface area contributed by atoms with E-state index < -0.39 is 5.41 Å². The van der Waals surface area contributed by atoms with Gasteiger partial charge < -0.3 is 9.72 Å². The molecule has 0 bridgehead atoms. The first kappa shape index (κ1) is 16.3. The highest BCUT2D eigenvalue weighted by Gasteiger charge is 2.53. The summed E-state index contributed by atoms with van der Waals surface area (Å²) in [5.74, 6) is 1.30. The molecule has 3 heterocycles. The fourth-order valence-corrected chi connectivity index (χ4v) is 5.07. The molecule has 0 unspecified atom stereocenters. The zero-order valence-electron chi connectivity index (χ0n) is 16.0. The molecular formula is C23H18N4O2. The van der Waals surface area contributed by atoms with Crippen molar-refractivity contribution in [3.05, 3.63) is 104 Å². The molecule has 142 valence electrons. The molecule has 0 atom stereocenters. The van der Waals surface area contributed by atoms with Crippen LogP contribution in [0.4, 0.5) is 0 Å². The molecule has 6 rings (SSSR count). The number of hydrogen-bond donors (Lipinski definition) is 2. The van der Waals surface area contributed by atoms with Crippen molar-refractivity contribution < 1.29 is 4.74 Å². The van der Waals surface area contributed by atoms with Gasteiger partial charge in [0.2, 0.25) is 11.8 Å². The number of hydrogen-bond acceptors (Lipinski definition) is 4. The lowest BCUT2D eigenvalue weighted by Gasteiger charge is -2.43. The van der Waals surface area contributed by atoms with E-state index in [-0.39, 0.29) is 5.56 Å². The van der Waals surface area contributed by atoms with Crippen molar-refractivity contribution >= 4 is 0 Å². The maximum atomic E-state index is 13.4. The van der Waals surface area contributed by atoms with E-state index in [2.05, 4.69) is 44.4 Å². The van der Waals surface area contributed by atoms with Crippen LogP contribution in [0.2, 0.25) is 0 Å². The van der Waals surface area contributed by atoms with Crippen LogP contribution in [0, 0.1) is 13.8 Å². The fourth-order valence-electron chi connectivity index (χ4n) is 5.07. The molecule has 2 aliphatic rings. The van der Waals surface area contributed by atoms with Crippen LogP contribution >= 0.6 is 0 Å². The quantitative estimate of drug-likeness (QED) is 0.421. The zero-order valence-corrected chi connectivity index (χ0v) is 16.0. The van der Waals surface area contributed by atoms with Crippen LogP contribution in [-0.2, 0) is 11.8 Å². The number of nitrogens with zero attached hydrogens (tertiary/aromatic N) is 2. The van der Waals surface area contributed by atoms with Crippen LogP contribution in [0.5, 0.6) is 11.8 Å². The molecule has 2 aromatic carbocycles. The fraction of sp³-hybridized carbons (Fsp3) is 0.174. The second-order valence-corrected chi connectivity index (χ2v) is 7.70. The maximum absolute atomic E-state index is 13.4. The third-order valence-corrected chi connectivity index (χ3v) is 6.09. The van der Waals surface area contributed by atoms with Crippen LogP contribution in [0.1, 0.15) is 44.9 Å². The van der Waals surface area contributed by atoms with Gasteiger partial charge in [-0.15, -0.1) is 5.10 Å². The minimum Gasteiger partial charge on any atom is -0.418 e. The van der Waals surface area contributed by atoms with Gasteiger partial charge in [0.25, 0.3) is 5.56 Å². The van der Waals surface area contributed by atoms with Crippen molar-refractivity contribution in [2.75, 3.05) is 0 Å². The van der Waals surface area contributed by atoms with Gasteiger partial charge >= 0.3 is 0 Å². The van der Waals surface area contributed by atoms with Gasteiger partial charge in [-0.3, -0.25) is 9.89 Å². The molecule has 29 heavy (non-hydrogen) atoms. The molecule has 2 aromatic heterocycles. The predicted molar refractivity (Wildman–Crippen MR) is 108 cm³/mol. The number of aromatic nitrogens is 4. The van der Waals surface area contributed by atoms with Crippen LogP contribution in [0.25, 0.3) is 0 Å². The van der Waals surface area contributed by atoms with E-state index in [9.17, 15) is 4.79 Å². The van der Waals surface area contributed by atoms with E-state index in [1.165, 1.54) is 11.1 Å². The third kappa shape index (κ3) is 1.93. The molecule has 0 radical (unpaired) electrons. The molecule has 4 aromatic rings. The second kappa shape index (κ2) is 5.44. The largest absolute Gasteiger partial charge is 0.418 e. The smallest absolute Gasteiger partial charge is 0.259 e. The minimum atomic E-state index is -0.834. The number of H-pyrrole nitrogens is 2. The zero-order chi connectivity index (χ0) is 19.8. The normalized spacial score (nSPS) is 15.1. The Bertz CT molecular complexity index is 1320. The number of ether oxygens (including phenoxy) is 1. The molecule has 6 nitrogen and oxygen atoms in total. The van der Waals surface area contributed by atoms with Gasteiger partial charge in [0, 0.05) is 5.69 Å². The molecule has 2 N–H and O–H groups in total. The molecule has 1 aliphatic carbocycles. The molecule has 0 saturated carbocycles. The van der Waals surface area contributed by atoms with Gasteiger partial charge in [0.1, 0.15) is 5.82 Å². The van der Waals surface area contributed by atoms with E-state index in [1.807, 2.05) is 31.2 Å². The Balaban J connectivity index is 1.89. The number of aromatic amines is 2. The van der Waals surface area contributed by atoms with Crippen molar-refractivity contribution in [2.45, 2.75) is 25.7 Å². The molecular weight excluding hydrogens is 364 g/mol. The summed E-state index contributed by atoms with van der Waals surface area (Å²) in [7, 11) is 0. The van der Waals surface area contributed by atoms with E-state index in [4.69, 9.17) is 4.74 Å². The number of benzene rings is 2. The van der Waals surface area contributed by atoms with Crippen molar-refractivity contribution in [2.24, 2.45) is 0 Å². The Morgan fingerprint density at radius 3 is 2.28 bits per heavy atom. The third-order valence-electron chi connectivity index (χ3n) is 6.09. The first-order valence-electron chi connectivity index (χ1n) is 9.62. The first-order valence-corrected chi connectivity index (χ1v) is 9.62. The topological polar surface area (TPSA) is 83.7 Å². The van der Waals surface area contributed by atoms with E-state index in [1.54, 1.807) is 6.92 Å².